The van der Waals surface area contributed by atoms with Crippen LogP contribution >= 0.6 is 11.6 Å². The maximum Gasteiger partial charge on any atom is 0.265 e. The molecule has 0 fully saturated rings. The van der Waals surface area contributed by atoms with E-state index in [4.69, 9.17) is 21.1 Å². The molecule has 1 amide bonds. The van der Waals surface area contributed by atoms with E-state index in [9.17, 15) is 4.79 Å². The van der Waals surface area contributed by atoms with E-state index in [1.54, 1.807) is 17.0 Å². The molecule has 0 atom stereocenters. The van der Waals surface area contributed by atoms with Crippen LogP contribution in [0.2, 0.25) is 5.02 Å². The van der Waals surface area contributed by atoms with Gasteiger partial charge in [-0.05, 0) is 38.1 Å². The molecule has 2 aromatic carbocycles. The number of hydrogen-bond acceptors (Lipinski definition) is 3. The number of para-hydroxylation sites is 3. The van der Waals surface area contributed by atoms with Gasteiger partial charge in [0.25, 0.3) is 5.91 Å². The van der Waals surface area contributed by atoms with Crippen molar-refractivity contribution in [3.05, 3.63) is 53.6 Å². The van der Waals surface area contributed by atoms with Gasteiger partial charge < -0.3 is 14.4 Å². The summed E-state index contributed by atoms with van der Waals surface area (Å²) in [6, 6.07) is 14.6. The van der Waals surface area contributed by atoms with Crippen molar-refractivity contribution in [3.8, 4) is 11.5 Å². The molecule has 1 aliphatic rings. The summed E-state index contributed by atoms with van der Waals surface area (Å²) in [5, 5.41) is 0.489. The fraction of sp³-hybridized carbons (Fsp3) is 0.278. The first-order valence-electron chi connectivity index (χ1n) is 7.42. The number of benzene rings is 2. The minimum Gasteiger partial charge on any atom is -0.484 e. The molecule has 23 heavy (non-hydrogen) atoms. The minimum absolute atomic E-state index is 0.0753. The number of hydrogen-bond donors (Lipinski definition) is 0. The van der Waals surface area contributed by atoms with Gasteiger partial charge in [-0.3, -0.25) is 4.79 Å². The number of anilines is 1. The lowest BCUT2D eigenvalue weighted by atomic mass is 10.1. The highest BCUT2D eigenvalue weighted by molar-refractivity contribution is 6.32. The Morgan fingerprint density at radius 2 is 1.91 bits per heavy atom. The van der Waals surface area contributed by atoms with E-state index in [-0.39, 0.29) is 12.5 Å². The number of rotatable bonds is 3. The van der Waals surface area contributed by atoms with Crippen molar-refractivity contribution in [1.82, 2.24) is 0 Å². The summed E-state index contributed by atoms with van der Waals surface area (Å²) in [6.07, 6.45) is 0. The van der Waals surface area contributed by atoms with Crippen LogP contribution in [0.3, 0.4) is 0 Å². The highest BCUT2D eigenvalue weighted by atomic mass is 35.5. The van der Waals surface area contributed by atoms with Crippen LogP contribution in [0.25, 0.3) is 0 Å². The van der Waals surface area contributed by atoms with Gasteiger partial charge in [0.2, 0.25) is 0 Å². The molecule has 0 saturated heterocycles. The number of nitrogens with zero attached hydrogens (tertiary/aromatic N) is 1. The zero-order valence-corrected chi connectivity index (χ0v) is 13.8. The summed E-state index contributed by atoms with van der Waals surface area (Å²) >= 11 is 6.05. The van der Waals surface area contributed by atoms with Crippen molar-refractivity contribution in [2.75, 3.05) is 18.1 Å². The van der Waals surface area contributed by atoms with E-state index in [0.29, 0.717) is 23.1 Å². The smallest absolute Gasteiger partial charge is 0.265 e. The van der Waals surface area contributed by atoms with Crippen molar-refractivity contribution >= 4 is 23.2 Å². The fourth-order valence-corrected chi connectivity index (χ4v) is 2.75. The third-order valence-electron chi connectivity index (χ3n) is 3.57. The molecular formula is C18H18ClNO3. The van der Waals surface area contributed by atoms with E-state index in [2.05, 4.69) is 0 Å². The first kappa shape index (κ1) is 15.7. The van der Waals surface area contributed by atoms with Crippen LogP contribution < -0.4 is 14.4 Å². The quantitative estimate of drug-likeness (QED) is 0.855. The van der Waals surface area contributed by atoms with E-state index in [1.165, 1.54) is 0 Å². The molecule has 0 spiro atoms. The monoisotopic (exact) mass is 331 g/mol. The molecule has 1 heterocycles. The summed E-state index contributed by atoms with van der Waals surface area (Å²) in [5.41, 5.74) is 0.314. The van der Waals surface area contributed by atoms with Gasteiger partial charge in [0.15, 0.2) is 6.61 Å². The number of halogens is 1. The molecular weight excluding hydrogens is 314 g/mol. The molecule has 120 valence electrons. The van der Waals surface area contributed by atoms with Crippen molar-refractivity contribution in [2.24, 2.45) is 0 Å². The van der Waals surface area contributed by atoms with Gasteiger partial charge in [0, 0.05) is 0 Å². The SMILES string of the molecule is CC1(C)CN(C(=O)COc2ccccc2Cl)c2ccccc2O1. The third-order valence-corrected chi connectivity index (χ3v) is 3.88. The van der Waals surface area contributed by atoms with Crippen molar-refractivity contribution < 1.29 is 14.3 Å². The predicted octanol–water partition coefficient (Wildman–Crippen LogP) is 3.92. The molecule has 0 aromatic heterocycles. The van der Waals surface area contributed by atoms with Gasteiger partial charge in [0.1, 0.15) is 17.1 Å². The van der Waals surface area contributed by atoms with Crippen LogP contribution in [0.4, 0.5) is 5.69 Å². The molecule has 3 rings (SSSR count). The number of amides is 1. The topological polar surface area (TPSA) is 38.8 Å². The molecule has 0 bridgehead atoms. The number of fused-ring (bicyclic) bond motifs is 1. The Labute approximate surface area is 140 Å². The summed E-state index contributed by atoms with van der Waals surface area (Å²) in [5.74, 6) is 1.08. The van der Waals surface area contributed by atoms with Crippen molar-refractivity contribution in [1.29, 1.82) is 0 Å². The van der Waals surface area contributed by atoms with Crippen LogP contribution in [-0.2, 0) is 4.79 Å². The van der Waals surface area contributed by atoms with Crippen LogP contribution in [0.1, 0.15) is 13.8 Å². The first-order valence-corrected chi connectivity index (χ1v) is 7.80. The van der Waals surface area contributed by atoms with Crippen molar-refractivity contribution in [2.45, 2.75) is 19.4 Å². The summed E-state index contributed by atoms with van der Waals surface area (Å²) < 4.78 is 11.5. The average Bonchev–Trinajstić information content (AvgIpc) is 2.52. The summed E-state index contributed by atoms with van der Waals surface area (Å²) in [6.45, 7) is 4.30. The Bertz CT molecular complexity index is 730. The van der Waals surface area contributed by atoms with E-state index >= 15 is 0 Å². The lowest BCUT2D eigenvalue weighted by molar-refractivity contribution is -0.121. The van der Waals surface area contributed by atoms with E-state index < -0.39 is 5.60 Å². The highest BCUT2D eigenvalue weighted by Crippen LogP contribution is 2.36. The van der Waals surface area contributed by atoms with Gasteiger partial charge >= 0.3 is 0 Å². The molecule has 0 aliphatic carbocycles. The average molecular weight is 332 g/mol. The Morgan fingerprint density at radius 3 is 2.70 bits per heavy atom. The van der Waals surface area contributed by atoms with Crippen LogP contribution in [0.5, 0.6) is 11.5 Å². The Balaban J connectivity index is 1.78. The molecule has 1 aliphatic heterocycles. The molecule has 0 saturated carbocycles. The first-order chi connectivity index (χ1) is 11.0. The van der Waals surface area contributed by atoms with Crippen molar-refractivity contribution in [3.63, 3.8) is 0 Å². The van der Waals surface area contributed by atoms with E-state index in [1.807, 2.05) is 50.2 Å². The van der Waals surface area contributed by atoms with Crippen LogP contribution in [0.15, 0.2) is 48.5 Å². The lowest BCUT2D eigenvalue weighted by Crippen LogP contribution is -2.50. The lowest BCUT2D eigenvalue weighted by Gasteiger charge is -2.39. The zero-order valence-electron chi connectivity index (χ0n) is 13.1. The number of carbonyl (C=O) groups excluding carboxylic acids is 1. The van der Waals surface area contributed by atoms with Crippen LogP contribution in [-0.4, -0.2) is 24.7 Å². The molecule has 2 aromatic rings. The zero-order chi connectivity index (χ0) is 16.4. The summed E-state index contributed by atoms with van der Waals surface area (Å²) in [4.78, 5) is 14.3. The Morgan fingerprint density at radius 1 is 1.22 bits per heavy atom. The van der Waals surface area contributed by atoms with Gasteiger partial charge in [0.05, 0.1) is 17.3 Å². The van der Waals surface area contributed by atoms with Gasteiger partial charge in [-0.2, -0.15) is 0 Å². The maximum atomic E-state index is 12.6. The number of ether oxygens (including phenoxy) is 2. The molecule has 5 heteroatoms. The molecule has 4 nitrogen and oxygen atoms in total. The van der Waals surface area contributed by atoms with Gasteiger partial charge in [-0.1, -0.05) is 35.9 Å². The van der Waals surface area contributed by atoms with Gasteiger partial charge in [-0.15, -0.1) is 0 Å². The second-order valence-corrected chi connectivity index (χ2v) is 6.44. The fourth-order valence-electron chi connectivity index (χ4n) is 2.56. The highest BCUT2D eigenvalue weighted by Gasteiger charge is 2.34. The second kappa shape index (κ2) is 6.13. The Kier molecular flexibility index (Phi) is 4.18. The second-order valence-electron chi connectivity index (χ2n) is 6.03. The molecule has 0 unspecified atom stereocenters. The van der Waals surface area contributed by atoms with Crippen LogP contribution in [0, 0.1) is 0 Å². The molecule has 0 radical (unpaired) electrons. The summed E-state index contributed by atoms with van der Waals surface area (Å²) in [7, 11) is 0. The normalized spacial score (nSPS) is 15.5. The third kappa shape index (κ3) is 3.42. The maximum absolute atomic E-state index is 12.6. The largest absolute Gasteiger partial charge is 0.484 e. The predicted molar refractivity (Wildman–Crippen MR) is 90.4 cm³/mol. The molecule has 0 N–H and O–H groups in total. The minimum atomic E-state index is -0.450. The van der Waals surface area contributed by atoms with E-state index in [0.717, 1.165) is 5.69 Å². The standard InChI is InChI=1S/C18H18ClNO3/c1-18(2)12-20(14-8-4-6-10-16(14)23-18)17(21)11-22-15-9-5-3-7-13(15)19/h3-10H,11-12H2,1-2H3. The number of carbonyl (C=O) groups is 1. The van der Waals surface area contributed by atoms with Gasteiger partial charge in [-0.25, -0.2) is 0 Å². The Hall–Kier alpha value is -2.20.